The number of hydrogen-bond acceptors (Lipinski definition) is 5. The van der Waals surface area contributed by atoms with Crippen LogP contribution in [0.5, 0.6) is 0 Å². The number of amides is 1. The molecule has 0 aromatic carbocycles. The summed E-state index contributed by atoms with van der Waals surface area (Å²) < 4.78 is 5.73. The van der Waals surface area contributed by atoms with Gasteiger partial charge < -0.3 is 20.1 Å². The van der Waals surface area contributed by atoms with Crippen molar-refractivity contribution in [2.24, 2.45) is 0 Å². The third-order valence-electron chi connectivity index (χ3n) is 3.64. The monoisotopic (exact) mass is 318 g/mol. The highest BCUT2D eigenvalue weighted by atomic mass is 35.5. The number of hydrogen-bond donors (Lipinski definition) is 2. The maximum atomic E-state index is 12.4. The van der Waals surface area contributed by atoms with Gasteiger partial charge in [-0.1, -0.05) is 6.07 Å². The van der Waals surface area contributed by atoms with E-state index in [1.165, 1.54) is 0 Å². The van der Waals surface area contributed by atoms with Gasteiger partial charge >= 0.3 is 0 Å². The van der Waals surface area contributed by atoms with Crippen molar-refractivity contribution in [2.45, 2.75) is 24.7 Å². The number of aliphatic hydroxyl groups is 1. The summed E-state index contributed by atoms with van der Waals surface area (Å²) in [4.78, 5) is 15.4. The average Bonchev–Trinajstić information content (AvgIpc) is 3.09. The minimum Gasteiger partial charge on any atom is -0.392 e. The predicted octanol–water partition coefficient (Wildman–Crippen LogP) is 0.793. The lowest BCUT2D eigenvalue weighted by Crippen LogP contribution is -2.49. The fourth-order valence-electron chi connectivity index (χ4n) is 2.62. The molecule has 3 atom stereocenters. The Hall–Kier alpha value is -0.660. The van der Waals surface area contributed by atoms with Crippen molar-refractivity contribution in [1.82, 2.24) is 10.2 Å². The molecule has 1 aromatic heterocycles. The van der Waals surface area contributed by atoms with Gasteiger partial charge in [-0.2, -0.15) is 0 Å². The van der Waals surface area contributed by atoms with E-state index in [-0.39, 0.29) is 30.5 Å². The molecule has 1 amide bonds. The van der Waals surface area contributed by atoms with Crippen LogP contribution in [0.1, 0.15) is 17.4 Å². The van der Waals surface area contributed by atoms with E-state index < -0.39 is 6.10 Å². The Bertz CT molecular complexity index is 443. The molecule has 3 unspecified atom stereocenters. The first kappa shape index (κ1) is 15.7. The van der Waals surface area contributed by atoms with E-state index >= 15 is 0 Å². The van der Waals surface area contributed by atoms with Crippen LogP contribution < -0.4 is 5.32 Å². The molecule has 2 N–H and O–H groups in total. The summed E-state index contributed by atoms with van der Waals surface area (Å²) in [5.41, 5.74) is 0. The highest BCUT2D eigenvalue weighted by molar-refractivity contribution is 7.10. The highest BCUT2D eigenvalue weighted by Crippen LogP contribution is 2.26. The van der Waals surface area contributed by atoms with Crippen LogP contribution in [-0.2, 0) is 9.53 Å². The quantitative estimate of drug-likeness (QED) is 0.846. The number of carbonyl (C=O) groups is 1. The van der Waals surface area contributed by atoms with Crippen LogP contribution in [0.3, 0.4) is 0 Å². The number of ether oxygens (including phenoxy) is 1. The summed E-state index contributed by atoms with van der Waals surface area (Å²) in [6.45, 7) is 2.32. The first-order chi connectivity index (χ1) is 9.24. The SMILES string of the molecule is Cl.O=C(C1CC(O)CN1)N1CCOC(c2cccs2)C1. The Morgan fingerprint density at radius 2 is 2.40 bits per heavy atom. The van der Waals surface area contributed by atoms with E-state index in [4.69, 9.17) is 4.74 Å². The zero-order valence-electron chi connectivity index (χ0n) is 11.0. The summed E-state index contributed by atoms with van der Waals surface area (Å²) in [6, 6.07) is 3.80. The van der Waals surface area contributed by atoms with E-state index in [1.54, 1.807) is 11.3 Å². The number of morpholine rings is 1. The second-order valence-electron chi connectivity index (χ2n) is 5.01. The van der Waals surface area contributed by atoms with E-state index in [0.29, 0.717) is 32.7 Å². The minimum absolute atomic E-state index is 0. The fourth-order valence-corrected chi connectivity index (χ4v) is 3.39. The number of aliphatic hydroxyl groups excluding tert-OH is 1. The van der Waals surface area contributed by atoms with Gasteiger partial charge in [0.1, 0.15) is 6.10 Å². The molecule has 0 saturated carbocycles. The number of thiophene rings is 1. The molecule has 3 rings (SSSR count). The molecular formula is C13H19ClN2O3S. The maximum Gasteiger partial charge on any atom is 0.239 e. The summed E-state index contributed by atoms with van der Waals surface area (Å²) in [7, 11) is 0. The molecule has 1 aromatic rings. The van der Waals surface area contributed by atoms with Gasteiger partial charge in [-0.3, -0.25) is 4.79 Å². The number of halogens is 1. The summed E-state index contributed by atoms with van der Waals surface area (Å²) in [6.07, 6.45) is 0.104. The van der Waals surface area contributed by atoms with Gasteiger partial charge in [0.15, 0.2) is 0 Å². The summed E-state index contributed by atoms with van der Waals surface area (Å²) in [5.74, 6) is 0.0846. The lowest BCUT2D eigenvalue weighted by Gasteiger charge is -2.34. The van der Waals surface area contributed by atoms with Crippen LogP contribution in [-0.4, -0.2) is 54.3 Å². The first-order valence-corrected chi connectivity index (χ1v) is 7.47. The second-order valence-corrected chi connectivity index (χ2v) is 5.99. The highest BCUT2D eigenvalue weighted by Gasteiger charge is 2.34. The topological polar surface area (TPSA) is 61.8 Å². The van der Waals surface area contributed by atoms with Crippen molar-refractivity contribution >= 4 is 29.7 Å². The Kier molecular flexibility index (Phi) is 5.40. The average molecular weight is 319 g/mol. The van der Waals surface area contributed by atoms with Crippen molar-refractivity contribution in [2.75, 3.05) is 26.2 Å². The van der Waals surface area contributed by atoms with E-state index in [0.717, 1.165) is 4.88 Å². The normalized spacial score (nSPS) is 30.1. The van der Waals surface area contributed by atoms with Crippen LogP contribution >= 0.6 is 23.7 Å². The largest absolute Gasteiger partial charge is 0.392 e. The molecule has 20 heavy (non-hydrogen) atoms. The molecule has 3 heterocycles. The van der Waals surface area contributed by atoms with Crippen LogP contribution in [0.15, 0.2) is 17.5 Å². The second kappa shape index (κ2) is 6.87. The first-order valence-electron chi connectivity index (χ1n) is 6.59. The van der Waals surface area contributed by atoms with Crippen molar-refractivity contribution < 1.29 is 14.6 Å². The molecule has 2 aliphatic heterocycles. The zero-order chi connectivity index (χ0) is 13.2. The maximum absolute atomic E-state index is 12.4. The number of nitrogens with zero attached hydrogens (tertiary/aromatic N) is 1. The number of carbonyl (C=O) groups excluding carboxylic acids is 1. The standard InChI is InChI=1S/C13H18N2O3S.ClH/c16-9-6-10(14-7-9)13(17)15-3-4-18-11(8-15)12-2-1-5-19-12;/h1-2,5,9-11,14,16H,3-4,6-8H2;1H. The molecule has 7 heteroatoms. The Morgan fingerprint density at radius 1 is 1.55 bits per heavy atom. The lowest BCUT2D eigenvalue weighted by atomic mass is 10.1. The third kappa shape index (κ3) is 3.32. The fraction of sp³-hybridized carbons (Fsp3) is 0.615. The minimum atomic E-state index is -0.400. The molecule has 2 aliphatic rings. The van der Waals surface area contributed by atoms with Crippen molar-refractivity contribution in [3.05, 3.63) is 22.4 Å². The van der Waals surface area contributed by atoms with Crippen LogP contribution in [0.25, 0.3) is 0 Å². The zero-order valence-corrected chi connectivity index (χ0v) is 12.7. The molecule has 112 valence electrons. The number of β-amino-alcohol motifs (C(OH)–C–C–N with tert-alkyl or cyclic N) is 1. The molecule has 0 spiro atoms. The molecule has 0 bridgehead atoms. The Labute approximate surface area is 128 Å². The summed E-state index contributed by atoms with van der Waals surface area (Å²) >= 11 is 1.66. The van der Waals surface area contributed by atoms with Gasteiger partial charge in [0, 0.05) is 18.0 Å². The smallest absolute Gasteiger partial charge is 0.239 e. The molecule has 0 aliphatic carbocycles. The molecular weight excluding hydrogens is 300 g/mol. The van der Waals surface area contributed by atoms with E-state index in [1.807, 2.05) is 22.4 Å². The Balaban J connectivity index is 0.00000147. The van der Waals surface area contributed by atoms with Gasteiger partial charge in [-0.05, 0) is 17.9 Å². The van der Waals surface area contributed by atoms with Crippen LogP contribution in [0.4, 0.5) is 0 Å². The van der Waals surface area contributed by atoms with Gasteiger partial charge in [-0.25, -0.2) is 0 Å². The number of rotatable bonds is 2. The van der Waals surface area contributed by atoms with Crippen LogP contribution in [0, 0.1) is 0 Å². The number of nitrogens with one attached hydrogen (secondary N) is 1. The lowest BCUT2D eigenvalue weighted by molar-refractivity contribution is -0.140. The van der Waals surface area contributed by atoms with Gasteiger partial charge in [0.05, 0.1) is 25.3 Å². The molecule has 2 fully saturated rings. The van der Waals surface area contributed by atoms with Crippen molar-refractivity contribution in [3.63, 3.8) is 0 Å². The summed E-state index contributed by atoms with van der Waals surface area (Å²) in [5, 5.41) is 14.6. The van der Waals surface area contributed by atoms with Crippen molar-refractivity contribution in [3.8, 4) is 0 Å². The van der Waals surface area contributed by atoms with E-state index in [2.05, 4.69) is 5.32 Å². The van der Waals surface area contributed by atoms with Crippen LogP contribution in [0.2, 0.25) is 0 Å². The van der Waals surface area contributed by atoms with Gasteiger partial charge in [0.2, 0.25) is 5.91 Å². The van der Waals surface area contributed by atoms with Gasteiger partial charge in [-0.15, -0.1) is 23.7 Å². The predicted molar refractivity (Wildman–Crippen MR) is 79.3 cm³/mol. The van der Waals surface area contributed by atoms with E-state index in [9.17, 15) is 9.90 Å². The Morgan fingerprint density at radius 3 is 3.05 bits per heavy atom. The third-order valence-corrected chi connectivity index (χ3v) is 4.61. The van der Waals surface area contributed by atoms with Gasteiger partial charge in [0.25, 0.3) is 0 Å². The van der Waals surface area contributed by atoms with Crippen molar-refractivity contribution in [1.29, 1.82) is 0 Å². The molecule has 5 nitrogen and oxygen atoms in total. The molecule has 2 saturated heterocycles. The molecule has 0 radical (unpaired) electrons.